The number of halogens is 1. The summed E-state index contributed by atoms with van der Waals surface area (Å²) in [6, 6.07) is 9.31. The number of para-hydroxylation sites is 1. The molecule has 1 aliphatic rings. The highest BCUT2D eigenvalue weighted by atomic mass is 35.5. The van der Waals surface area contributed by atoms with Gasteiger partial charge in [0.15, 0.2) is 17.1 Å². The lowest BCUT2D eigenvalue weighted by atomic mass is 10.1. The average molecular weight is 525 g/mol. The van der Waals surface area contributed by atoms with Crippen molar-refractivity contribution in [1.29, 1.82) is 0 Å². The Morgan fingerprint density at radius 2 is 2.00 bits per heavy atom. The van der Waals surface area contributed by atoms with Crippen molar-refractivity contribution >= 4 is 50.9 Å². The quantitative estimate of drug-likeness (QED) is 0.281. The summed E-state index contributed by atoms with van der Waals surface area (Å²) in [7, 11) is 1.58. The van der Waals surface area contributed by atoms with Gasteiger partial charge in [-0.2, -0.15) is 0 Å². The number of hydrogen-bond acceptors (Lipinski definition) is 9. The Kier molecular flexibility index (Phi) is 7.62. The van der Waals surface area contributed by atoms with Crippen molar-refractivity contribution in [3.63, 3.8) is 0 Å². The summed E-state index contributed by atoms with van der Waals surface area (Å²) in [4.78, 5) is 22.9. The van der Waals surface area contributed by atoms with E-state index in [1.807, 2.05) is 24.3 Å². The van der Waals surface area contributed by atoms with Crippen LogP contribution in [-0.2, 0) is 9.53 Å². The predicted molar refractivity (Wildman–Crippen MR) is 142 cm³/mol. The van der Waals surface area contributed by atoms with Crippen LogP contribution in [0.1, 0.15) is 26.2 Å². The summed E-state index contributed by atoms with van der Waals surface area (Å²) in [6.07, 6.45) is 6.15. The van der Waals surface area contributed by atoms with Gasteiger partial charge in [0, 0.05) is 30.3 Å². The molecule has 2 aromatic heterocycles. The number of nitrogens with zero attached hydrogens (tertiary/aromatic N) is 3. The number of esters is 1. The molecule has 0 amide bonds. The maximum Gasteiger partial charge on any atom is 0.303 e. The third-order valence-electron chi connectivity index (χ3n) is 6.39. The molecule has 9 nitrogen and oxygen atoms in total. The molecule has 0 aliphatic carbocycles. The number of ether oxygens (including phenoxy) is 3. The lowest BCUT2D eigenvalue weighted by Gasteiger charge is -2.30. The Morgan fingerprint density at radius 3 is 2.78 bits per heavy atom. The molecule has 0 radical (unpaired) electrons. The van der Waals surface area contributed by atoms with Gasteiger partial charge in [-0.15, -0.1) is 0 Å². The summed E-state index contributed by atoms with van der Waals surface area (Å²) in [6.45, 7) is 4.26. The molecule has 1 fully saturated rings. The fraction of sp³-hybridized carbons (Fsp3) is 0.370. The first-order chi connectivity index (χ1) is 18.0. The minimum Gasteiger partial charge on any atom is -0.493 e. The molecule has 5 rings (SSSR count). The van der Waals surface area contributed by atoms with Gasteiger partial charge in [0.25, 0.3) is 0 Å². The largest absolute Gasteiger partial charge is 0.493 e. The number of furan rings is 1. The average Bonchev–Trinajstić information content (AvgIpc) is 3.29. The summed E-state index contributed by atoms with van der Waals surface area (Å²) >= 11 is 6.23. The van der Waals surface area contributed by atoms with Crippen LogP contribution in [-0.4, -0.2) is 60.3 Å². The summed E-state index contributed by atoms with van der Waals surface area (Å²) in [5, 5.41) is 5.42. The summed E-state index contributed by atoms with van der Waals surface area (Å²) < 4.78 is 23.0. The monoisotopic (exact) mass is 524 g/mol. The zero-order valence-electron chi connectivity index (χ0n) is 20.8. The molecule has 2 aromatic carbocycles. The first-order valence-corrected chi connectivity index (χ1v) is 12.7. The lowest BCUT2D eigenvalue weighted by molar-refractivity contribution is -0.149. The molecule has 1 N–H and O–H groups in total. The molecule has 1 unspecified atom stereocenters. The van der Waals surface area contributed by atoms with Crippen LogP contribution in [0.4, 0.5) is 11.5 Å². The molecule has 3 heterocycles. The van der Waals surface area contributed by atoms with E-state index in [4.69, 9.17) is 30.2 Å². The number of likely N-dealkylation sites (tertiary alicyclic amines) is 1. The molecular formula is C27H29ClN4O5. The number of methoxy groups -OCH3 is 1. The number of hydrogen-bond donors (Lipinski definition) is 1. The van der Waals surface area contributed by atoms with Gasteiger partial charge in [-0.3, -0.25) is 9.69 Å². The standard InChI is InChI=1S/C27H29ClN4O5/c1-17(33)37-18(13-32-9-4-3-5-10-32)14-35-25-12-23-20(11-24(25)34-2)27(30-16-29-23)31-22-8-6-7-19-21(28)15-36-26(19)22/h6-8,11-12,15-16,18H,3-5,9-10,13-14H2,1-2H3,(H,29,30,31). The molecule has 194 valence electrons. The van der Waals surface area contributed by atoms with E-state index in [9.17, 15) is 4.79 Å². The summed E-state index contributed by atoms with van der Waals surface area (Å²) in [5.41, 5.74) is 2.03. The van der Waals surface area contributed by atoms with E-state index in [1.165, 1.54) is 25.9 Å². The van der Waals surface area contributed by atoms with Crippen LogP contribution < -0.4 is 14.8 Å². The zero-order chi connectivity index (χ0) is 25.8. The van der Waals surface area contributed by atoms with Crippen LogP contribution in [0.15, 0.2) is 47.3 Å². The van der Waals surface area contributed by atoms with Crippen LogP contribution in [0.3, 0.4) is 0 Å². The van der Waals surface area contributed by atoms with Gasteiger partial charge in [-0.05, 0) is 44.1 Å². The zero-order valence-corrected chi connectivity index (χ0v) is 21.6. The third kappa shape index (κ3) is 5.73. The molecule has 0 spiro atoms. The smallest absolute Gasteiger partial charge is 0.303 e. The number of nitrogens with one attached hydrogen (secondary N) is 1. The second kappa shape index (κ2) is 11.2. The number of benzene rings is 2. The Morgan fingerprint density at radius 1 is 1.16 bits per heavy atom. The Balaban J connectivity index is 1.39. The Hall–Kier alpha value is -3.56. The predicted octanol–water partition coefficient (Wildman–Crippen LogP) is 5.58. The number of carbonyl (C=O) groups is 1. The van der Waals surface area contributed by atoms with E-state index in [2.05, 4.69) is 20.2 Å². The summed E-state index contributed by atoms with van der Waals surface area (Å²) in [5.74, 6) is 1.28. The number of carbonyl (C=O) groups excluding carboxylic acids is 1. The fourth-order valence-electron chi connectivity index (χ4n) is 4.66. The molecule has 0 bridgehead atoms. The second-order valence-corrected chi connectivity index (χ2v) is 9.44. The Bertz CT molecular complexity index is 1400. The van der Waals surface area contributed by atoms with Gasteiger partial charge in [0.2, 0.25) is 0 Å². The maximum absolute atomic E-state index is 11.7. The van der Waals surface area contributed by atoms with Crippen LogP contribution >= 0.6 is 11.6 Å². The maximum atomic E-state index is 11.7. The van der Waals surface area contributed by atoms with Crippen molar-refractivity contribution in [2.45, 2.75) is 32.3 Å². The normalized spacial score (nSPS) is 15.0. The molecule has 4 aromatic rings. The molecule has 1 atom stereocenters. The fourth-order valence-corrected chi connectivity index (χ4v) is 4.85. The molecule has 1 saturated heterocycles. The Labute approximate surface area is 219 Å². The van der Waals surface area contributed by atoms with Gasteiger partial charge in [-0.1, -0.05) is 24.1 Å². The van der Waals surface area contributed by atoms with Crippen LogP contribution in [0.5, 0.6) is 11.5 Å². The van der Waals surface area contributed by atoms with Crippen molar-refractivity contribution in [2.24, 2.45) is 0 Å². The first kappa shape index (κ1) is 25.1. The molecule has 10 heteroatoms. The number of aromatic nitrogens is 2. The van der Waals surface area contributed by atoms with Gasteiger partial charge in [0.05, 0.1) is 23.3 Å². The highest BCUT2D eigenvalue weighted by Crippen LogP contribution is 2.37. The van der Waals surface area contributed by atoms with Gasteiger partial charge in [0.1, 0.15) is 31.1 Å². The van der Waals surface area contributed by atoms with E-state index in [1.54, 1.807) is 13.2 Å². The highest BCUT2D eigenvalue weighted by molar-refractivity contribution is 6.35. The third-order valence-corrected chi connectivity index (χ3v) is 6.69. The van der Waals surface area contributed by atoms with E-state index in [0.29, 0.717) is 40.0 Å². The van der Waals surface area contributed by atoms with E-state index >= 15 is 0 Å². The van der Waals surface area contributed by atoms with E-state index in [-0.39, 0.29) is 18.7 Å². The minimum absolute atomic E-state index is 0.204. The van der Waals surface area contributed by atoms with Gasteiger partial charge in [-0.25, -0.2) is 9.97 Å². The second-order valence-electron chi connectivity index (χ2n) is 9.04. The molecule has 0 saturated carbocycles. The van der Waals surface area contributed by atoms with Gasteiger partial charge < -0.3 is 23.9 Å². The van der Waals surface area contributed by atoms with Crippen molar-refractivity contribution in [1.82, 2.24) is 14.9 Å². The topological polar surface area (TPSA) is 98.9 Å². The van der Waals surface area contributed by atoms with Crippen molar-refractivity contribution in [3.8, 4) is 11.5 Å². The van der Waals surface area contributed by atoms with Crippen molar-refractivity contribution in [2.75, 3.05) is 38.7 Å². The van der Waals surface area contributed by atoms with Crippen molar-refractivity contribution in [3.05, 3.63) is 47.9 Å². The number of anilines is 2. The molecule has 1 aliphatic heterocycles. The number of rotatable bonds is 9. The number of fused-ring (bicyclic) bond motifs is 2. The van der Waals surface area contributed by atoms with Crippen LogP contribution in [0.25, 0.3) is 21.9 Å². The van der Waals surface area contributed by atoms with Gasteiger partial charge >= 0.3 is 5.97 Å². The van der Waals surface area contributed by atoms with E-state index in [0.717, 1.165) is 42.4 Å². The molecular weight excluding hydrogens is 496 g/mol. The lowest BCUT2D eigenvalue weighted by Crippen LogP contribution is -2.40. The van der Waals surface area contributed by atoms with E-state index < -0.39 is 0 Å². The highest BCUT2D eigenvalue weighted by Gasteiger charge is 2.21. The number of piperidine rings is 1. The van der Waals surface area contributed by atoms with Crippen LogP contribution in [0.2, 0.25) is 5.02 Å². The molecule has 37 heavy (non-hydrogen) atoms. The minimum atomic E-state index is -0.390. The van der Waals surface area contributed by atoms with Crippen LogP contribution in [0, 0.1) is 0 Å². The first-order valence-electron chi connectivity index (χ1n) is 12.3. The SMILES string of the molecule is COc1cc2c(Nc3cccc4c(Cl)coc34)ncnc2cc1OCC(CN1CCCCC1)OC(C)=O. The van der Waals surface area contributed by atoms with Crippen molar-refractivity contribution < 1.29 is 23.4 Å².